The van der Waals surface area contributed by atoms with Crippen molar-refractivity contribution < 1.29 is 4.74 Å². The molecule has 2 rings (SSSR count). The van der Waals surface area contributed by atoms with Crippen molar-refractivity contribution in [1.29, 1.82) is 0 Å². The Morgan fingerprint density at radius 2 is 1.81 bits per heavy atom. The van der Waals surface area contributed by atoms with Crippen molar-refractivity contribution in [1.82, 2.24) is 5.32 Å². The van der Waals surface area contributed by atoms with Gasteiger partial charge in [0.05, 0.1) is 0 Å². The summed E-state index contributed by atoms with van der Waals surface area (Å²) in [6, 6.07) is 8.51. The second-order valence-electron chi connectivity index (χ2n) is 5.59. The zero-order valence-electron chi connectivity index (χ0n) is 10.4. The Bertz CT molecular complexity index is 333. The first-order chi connectivity index (χ1) is 7.53. The van der Waals surface area contributed by atoms with Crippen LogP contribution in [0.5, 0.6) is 5.75 Å². The minimum Gasteiger partial charge on any atom is -0.488 e. The first kappa shape index (κ1) is 11.5. The van der Waals surface area contributed by atoms with Crippen LogP contribution in [0.15, 0.2) is 24.3 Å². The molecule has 2 nitrogen and oxygen atoms in total. The Balaban J connectivity index is 1.93. The predicted octanol–water partition coefficient (Wildman–Crippen LogP) is 2.63. The van der Waals surface area contributed by atoms with E-state index in [1.807, 2.05) is 0 Å². The van der Waals surface area contributed by atoms with Crippen molar-refractivity contribution in [2.24, 2.45) is 5.92 Å². The minimum absolute atomic E-state index is 0.112. The van der Waals surface area contributed by atoms with E-state index in [4.69, 9.17) is 4.74 Å². The summed E-state index contributed by atoms with van der Waals surface area (Å²) in [6.07, 6.45) is 1.18. The Hall–Kier alpha value is -1.02. The molecule has 0 atom stereocenters. The van der Waals surface area contributed by atoms with E-state index in [1.54, 1.807) is 0 Å². The van der Waals surface area contributed by atoms with Crippen LogP contribution >= 0.6 is 0 Å². The van der Waals surface area contributed by atoms with Gasteiger partial charge >= 0.3 is 0 Å². The van der Waals surface area contributed by atoms with Crippen molar-refractivity contribution >= 4 is 0 Å². The second-order valence-corrected chi connectivity index (χ2v) is 5.59. The summed E-state index contributed by atoms with van der Waals surface area (Å²) in [5, 5.41) is 3.30. The van der Waals surface area contributed by atoms with Crippen molar-refractivity contribution in [2.75, 3.05) is 13.1 Å². The first-order valence-electron chi connectivity index (χ1n) is 6.02. The smallest absolute Gasteiger partial charge is 0.120 e. The molecule has 0 spiro atoms. The zero-order chi connectivity index (χ0) is 11.6. The van der Waals surface area contributed by atoms with Gasteiger partial charge in [0.2, 0.25) is 0 Å². The molecule has 1 aliphatic rings. The molecule has 1 N–H and O–H groups in total. The average Bonchev–Trinajstić information content (AvgIpc) is 2.11. The minimum atomic E-state index is -0.112. The molecular weight excluding hydrogens is 198 g/mol. The molecule has 88 valence electrons. The number of hydrogen-bond acceptors (Lipinski definition) is 2. The molecule has 1 aromatic rings. The van der Waals surface area contributed by atoms with Crippen LogP contribution in [-0.4, -0.2) is 18.7 Å². The number of benzene rings is 1. The van der Waals surface area contributed by atoms with Crippen LogP contribution < -0.4 is 10.1 Å². The third-order valence-electron chi connectivity index (χ3n) is 2.74. The Labute approximate surface area is 98.0 Å². The van der Waals surface area contributed by atoms with Crippen LogP contribution in [0.25, 0.3) is 0 Å². The zero-order valence-corrected chi connectivity index (χ0v) is 10.4. The van der Waals surface area contributed by atoms with E-state index in [1.165, 1.54) is 25.1 Å². The SMILES string of the molecule is CC(C)(C)Oc1ccc(CC2CNC2)cc1. The second kappa shape index (κ2) is 4.46. The van der Waals surface area contributed by atoms with Gasteiger partial charge in [-0.05, 0) is 63.9 Å². The van der Waals surface area contributed by atoms with E-state index >= 15 is 0 Å². The van der Waals surface area contributed by atoms with Gasteiger partial charge in [-0.25, -0.2) is 0 Å². The molecule has 0 bridgehead atoms. The Morgan fingerprint density at radius 3 is 2.25 bits per heavy atom. The normalized spacial score (nSPS) is 16.9. The summed E-state index contributed by atoms with van der Waals surface area (Å²) >= 11 is 0. The highest BCUT2D eigenvalue weighted by Gasteiger charge is 2.17. The molecule has 0 aromatic heterocycles. The quantitative estimate of drug-likeness (QED) is 0.843. The van der Waals surface area contributed by atoms with Crippen LogP contribution in [-0.2, 0) is 6.42 Å². The topological polar surface area (TPSA) is 21.3 Å². The van der Waals surface area contributed by atoms with Crippen LogP contribution in [0.3, 0.4) is 0 Å². The number of rotatable bonds is 3. The van der Waals surface area contributed by atoms with Crippen LogP contribution in [0, 0.1) is 5.92 Å². The van der Waals surface area contributed by atoms with Gasteiger partial charge in [-0.3, -0.25) is 0 Å². The molecule has 0 aliphatic carbocycles. The standard InChI is InChI=1S/C14H21NO/c1-14(2,3)16-13-6-4-11(5-7-13)8-12-9-15-10-12/h4-7,12,15H,8-10H2,1-3H3. The highest BCUT2D eigenvalue weighted by Crippen LogP contribution is 2.20. The lowest BCUT2D eigenvalue weighted by Crippen LogP contribution is -2.43. The maximum Gasteiger partial charge on any atom is 0.120 e. The van der Waals surface area contributed by atoms with Crippen molar-refractivity contribution in [3.8, 4) is 5.75 Å². The molecule has 1 aliphatic heterocycles. The van der Waals surface area contributed by atoms with Gasteiger partial charge < -0.3 is 10.1 Å². The number of nitrogens with one attached hydrogen (secondary N) is 1. The molecular formula is C14H21NO. The van der Waals surface area contributed by atoms with Gasteiger partial charge in [0, 0.05) is 0 Å². The van der Waals surface area contributed by atoms with E-state index in [-0.39, 0.29) is 5.60 Å². The fraction of sp³-hybridized carbons (Fsp3) is 0.571. The largest absolute Gasteiger partial charge is 0.488 e. The number of ether oxygens (including phenoxy) is 1. The molecule has 16 heavy (non-hydrogen) atoms. The molecule has 0 unspecified atom stereocenters. The molecule has 1 heterocycles. The third kappa shape index (κ3) is 3.24. The van der Waals surface area contributed by atoms with E-state index in [0.717, 1.165) is 11.7 Å². The van der Waals surface area contributed by atoms with Crippen molar-refractivity contribution in [3.05, 3.63) is 29.8 Å². The van der Waals surface area contributed by atoms with Crippen LogP contribution in [0.1, 0.15) is 26.3 Å². The Morgan fingerprint density at radius 1 is 1.19 bits per heavy atom. The molecule has 0 radical (unpaired) electrons. The number of hydrogen-bond donors (Lipinski definition) is 1. The summed E-state index contributed by atoms with van der Waals surface area (Å²) in [5.41, 5.74) is 1.30. The summed E-state index contributed by atoms with van der Waals surface area (Å²) in [5.74, 6) is 1.79. The van der Waals surface area contributed by atoms with E-state index in [9.17, 15) is 0 Å². The van der Waals surface area contributed by atoms with E-state index < -0.39 is 0 Å². The fourth-order valence-corrected chi connectivity index (χ4v) is 1.87. The molecule has 2 heteroatoms. The van der Waals surface area contributed by atoms with E-state index in [0.29, 0.717) is 0 Å². The van der Waals surface area contributed by atoms with Gasteiger partial charge in [0.25, 0.3) is 0 Å². The summed E-state index contributed by atoms with van der Waals surface area (Å²) < 4.78 is 5.79. The Kier molecular flexibility index (Phi) is 3.20. The van der Waals surface area contributed by atoms with Crippen molar-refractivity contribution in [3.63, 3.8) is 0 Å². The van der Waals surface area contributed by atoms with Crippen LogP contribution in [0.4, 0.5) is 0 Å². The summed E-state index contributed by atoms with van der Waals surface area (Å²) in [6.45, 7) is 8.54. The van der Waals surface area contributed by atoms with Crippen molar-refractivity contribution in [2.45, 2.75) is 32.8 Å². The predicted molar refractivity (Wildman–Crippen MR) is 66.9 cm³/mol. The lowest BCUT2D eigenvalue weighted by atomic mass is 9.94. The molecule has 0 amide bonds. The maximum atomic E-state index is 5.79. The lowest BCUT2D eigenvalue weighted by molar-refractivity contribution is 0.131. The molecule has 1 aromatic carbocycles. The monoisotopic (exact) mass is 219 g/mol. The van der Waals surface area contributed by atoms with Gasteiger partial charge in [-0.1, -0.05) is 12.1 Å². The highest BCUT2D eigenvalue weighted by atomic mass is 16.5. The summed E-state index contributed by atoms with van der Waals surface area (Å²) in [7, 11) is 0. The third-order valence-corrected chi connectivity index (χ3v) is 2.74. The maximum absolute atomic E-state index is 5.79. The van der Waals surface area contributed by atoms with Gasteiger partial charge in [-0.15, -0.1) is 0 Å². The van der Waals surface area contributed by atoms with Gasteiger partial charge in [0.1, 0.15) is 11.4 Å². The average molecular weight is 219 g/mol. The first-order valence-corrected chi connectivity index (χ1v) is 6.02. The molecule has 0 saturated carbocycles. The highest BCUT2D eigenvalue weighted by molar-refractivity contribution is 5.28. The van der Waals surface area contributed by atoms with Crippen LogP contribution in [0.2, 0.25) is 0 Å². The summed E-state index contributed by atoms with van der Waals surface area (Å²) in [4.78, 5) is 0. The molecule has 1 saturated heterocycles. The van der Waals surface area contributed by atoms with Gasteiger partial charge in [-0.2, -0.15) is 0 Å². The molecule has 1 fully saturated rings. The van der Waals surface area contributed by atoms with E-state index in [2.05, 4.69) is 50.4 Å². The van der Waals surface area contributed by atoms with Gasteiger partial charge in [0.15, 0.2) is 0 Å². The fourth-order valence-electron chi connectivity index (χ4n) is 1.87. The lowest BCUT2D eigenvalue weighted by Gasteiger charge is -2.27.